The number of rotatable bonds is 69. The van der Waals surface area contributed by atoms with Crippen LogP contribution in [-0.2, 0) is 65.4 Å². The van der Waals surface area contributed by atoms with E-state index in [1.165, 1.54) is 167 Å². The maximum Gasteiger partial charge on any atom is 0.472 e. The van der Waals surface area contributed by atoms with Crippen molar-refractivity contribution in [3.8, 4) is 0 Å². The molecule has 0 aromatic heterocycles. The number of hydrogen-bond donors (Lipinski definition) is 3. The van der Waals surface area contributed by atoms with Gasteiger partial charge in [0.05, 0.1) is 26.4 Å². The zero-order valence-corrected chi connectivity index (χ0v) is 59.5. The quantitative estimate of drug-likeness (QED) is 0.0222. The van der Waals surface area contributed by atoms with E-state index >= 15 is 0 Å². The Labute approximate surface area is 543 Å². The van der Waals surface area contributed by atoms with Crippen molar-refractivity contribution in [1.82, 2.24) is 0 Å². The zero-order valence-electron chi connectivity index (χ0n) is 57.7. The van der Waals surface area contributed by atoms with Crippen LogP contribution in [0.3, 0.4) is 0 Å². The molecule has 19 heteroatoms. The van der Waals surface area contributed by atoms with E-state index < -0.39 is 97.5 Å². The lowest BCUT2D eigenvalue weighted by Crippen LogP contribution is -2.30. The molecule has 0 spiro atoms. The second kappa shape index (κ2) is 62.2. The summed E-state index contributed by atoms with van der Waals surface area (Å²) in [5.74, 6) is -0.597. The van der Waals surface area contributed by atoms with Crippen LogP contribution in [0, 0.1) is 11.8 Å². The van der Waals surface area contributed by atoms with Gasteiger partial charge < -0.3 is 33.8 Å². The third kappa shape index (κ3) is 64.6. The largest absolute Gasteiger partial charge is 0.472 e. The van der Waals surface area contributed by atoms with E-state index in [4.69, 9.17) is 37.0 Å². The summed E-state index contributed by atoms with van der Waals surface area (Å²) in [7, 11) is -9.89. The van der Waals surface area contributed by atoms with Gasteiger partial charge in [0.25, 0.3) is 0 Å². The lowest BCUT2D eigenvalue weighted by Gasteiger charge is -2.21. The molecule has 0 radical (unpaired) electrons. The molecule has 0 saturated heterocycles. The molecule has 89 heavy (non-hydrogen) atoms. The van der Waals surface area contributed by atoms with Gasteiger partial charge in [-0.2, -0.15) is 0 Å². The predicted molar refractivity (Wildman–Crippen MR) is 358 cm³/mol. The van der Waals surface area contributed by atoms with Gasteiger partial charge in [0.1, 0.15) is 19.3 Å². The van der Waals surface area contributed by atoms with Gasteiger partial charge in [-0.05, 0) is 37.5 Å². The molecule has 0 aliphatic carbocycles. The average molecular weight is 1310 g/mol. The second-order valence-corrected chi connectivity index (χ2v) is 29.1. The summed E-state index contributed by atoms with van der Waals surface area (Å²) in [4.78, 5) is 72.3. The molecule has 3 N–H and O–H groups in total. The van der Waals surface area contributed by atoms with Crippen LogP contribution in [0.25, 0.3) is 0 Å². The monoisotopic (exact) mass is 1310 g/mol. The summed E-state index contributed by atoms with van der Waals surface area (Å²) in [5, 5.41) is 10.6. The Morgan fingerprint density at radius 2 is 0.517 bits per heavy atom. The summed E-state index contributed by atoms with van der Waals surface area (Å²) >= 11 is 0. The molecule has 0 aromatic carbocycles. The number of esters is 4. The molecule has 5 atom stereocenters. The fraction of sp³-hybridized carbons (Fsp3) is 0.943. The van der Waals surface area contributed by atoms with Crippen LogP contribution in [0.15, 0.2) is 0 Å². The van der Waals surface area contributed by atoms with Crippen molar-refractivity contribution in [3.63, 3.8) is 0 Å². The molecular formula is C70H136O17P2. The van der Waals surface area contributed by atoms with Crippen LogP contribution in [0.5, 0.6) is 0 Å². The fourth-order valence-corrected chi connectivity index (χ4v) is 12.2. The molecular weight excluding hydrogens is 1170 g/mol. The van der Waals surface area contributed by atoms with Crippen molar-refractivity contribution in [3.05, 3.63) is 0 Å². The van der Waals surface area contributed by atoms with Crippen molar-refractivity contribution in [2.75, 3.05) is 39.6 Å². The number of aliphatic hydroxyl groups is 1. The standard InChI is InChI=1S/C70H136O17P2/c1-7-9-11-13-14-15-16-17-18-19-20-25-31-36-42-48-54-70(75)87-66(59-81-68(73)53-47-41-35-30-26-21-23-28-33-39-44-50-62(3)4)61-85-89(78,79)83-57-64(71)56-82-88(76,77)84-60-65(58-80-67(72)52-46-38-12-10-8-2)86-69(74)55-49-43-37-32-27-22-24-29-34-40-45-51-63(5)6/h62-66,71H,7-61H2,1-6H3,(H,76,77)(H,78,79)/t64-,65+,66+/m0/s1. The lowest BCUT2D eigenvalue weighted by atomic mass is 10.0. The number of aliphatic hydroxyl groups excluding tert-OH is 1. The Bertz CT molecular complexity index is 1730. The first-order valence-corrected chi connectivity index (χ1v) is 39.5. The highest BCUT2D eigenvalue weighted by Gasteiger charge is 2.30. The van der Waals surface area contributed by atoms with Crippen molar-refractivity contribution in [2.45, 2.75) is 374 Å². The fourth-order valence-electron chi connectivity index (χ4n) is 10.6. The summed E-state index contributed by atoms with van der Waals surface area (Å²) in [6.45, 7) is 9.47. The molecule has 0 saturated carbocycles. The maximum absolute atomic E-state index is 13.0. The highest BCUT2D eigenvalue weighted by molar-refractivity contribution is 7.47. The molecule has 0 rings (SSSR count). The van der Waals surface area contributed by atoms with Gasteiger partial charge in [-0.15, -0.1) is 0 Å². The van der Waals surface area contributed by atoms with Crippen molar-refractivity contribution in [2.24, 2.45) is 11.8 Å². The Kier molecular flexibility index (Phi) is 60.8. The van der Waals surface area contributed by atoms with Crippen LogP contribution < -0.4 is 0 Å². The number of phosphoric ester groups is 2. The third-order valence-corrected chi connectivity index (χ3v) is 18.1. The third-order valence-electron chi connectivity index (χ3n) is 16.2. The minimum atomic E-state index is -4.95. The van der Waals surface area contributed by atoms with Gasteiger partial charge >= 0.3 is 39.5 Å². The molecule has 0 aromatic rings. The van der Waals surface area contributed by atoms with Crippen LogP contribution in [-0.4, -0.2) is 96.7 Å². The summed E-state index contributed by atoms with van der Waals surface area (Å²) in [5.41, 5.74) is 0. The Morgan fingerprint density at radius 1 is 0.303 bits per heavy atom. The first kappa shape index (κ1) is 87.1. The Balaban J connectivity index is 5.16. The molecule has 0 aliphatic rings. The Morgan fingerprint density at radius 3 is 0.764 bits per heavy atom. The highest BCUT2D eigenvalue weighted by Crippen LogP contribution is 2.45. The smallest absolute Gasteiger partial charge is 0.462 e. The van der Waals surface area contributed by atoms with Crippen LogP contribution in [0.2, 0.25) is 0 Å². The van der Waals surface area contributed by atoms with Gasteiger partial charge in [-0.1, -0.05) is 305 Å². The highest BCUT2D eigenvalue weighted by atomic mass is 31.2. The van der Waals surface area contributed by atoms with Gasteiger partial charge in [-0.3, -0.25) is 37.3 Å². The SMILES string of the molecule is CCCCCCCCCCCCCCCCCCC(=O)O[C@H](COC(=O)CCCCCCCCCCCCCC(C)C)COP(=O)(O)OC[C@@H](O)COP(=O)(O)OC[C@@H](COC(=O)CCCCCCC)OC(=O)CCCCCCCCCCCCCC(C)C. The minimum absolute atomic E-state index is 0.105. The number of hydrogen-bond acceptors (Lipinski definition) is 15. The molecule has 0 fully saturated rings. The first-order valence-electron chi connectivity index (χ1n) is 36.5. The predicted octanol–water partition coefficient (Wildman–Crippen LogP) is 20.0. The average Bonchev–Trinajstić information content (AvgIpc) is 3.57. The van der Waals surface area contributed by atoms with Crippen LogP contribution in [0.1, 0.15) is 356 Å². The Hall–Kier alpha value is -1.94. The molecule has 0 aliphatic heterocycles. The molecule has 17 nitrogen and oxygen atoms in total. The first-order chi connectivity index (χ1) is 42.9. The summed E-state index contributed by atoms with van der Waals surface area (Å²) < 4.78 is 68.1. The maximum atomic E-state index is 13.0. The van der Waals surface area contributed by atoms with Crippen molar-refractivity contribution in [1.29, 1.82) is 0 Å². The lowest BCUT2D eigenvalue weighted by molar-refractivity contribution is -0.161. The number of ether oxygens (including phenoxy) is 4. The molecule has 2 unspecified atom stereocenters. The van der Waals surface area contributed by atoms with Crippen molar-refractivity contribution >= 4 is 39.5 Å². The molecule has 0 bridgehead atoms. The van der Waals surface area contributed by atoms with E-state index in [0.29, 0.717) is 25.7 Å². The van der Waals surface area contributed by atoms with Gasteiger partial charge in [0.15, 0.2) is 12.2 Å². The van der Waals surface area contributed by atoms with E-state index in [-0.39, 0.29) is 25.7 Å². The number of phosphoric acid groups is 2. The molecule has 528 valence electrons. The number of carbonyl (C=O) groups excluding carboxylic acids is 4. The van der Waals surface area contributed by atoms with Gasteiger partial charge in [-0.25, -0.2) is 9.13 Å². The van der Waals surface area contributed by atoms with Crippen molar-refractivity contribution < 1.29 is 80.2 Å². The number of unbranched alkanes of at least 4 members (excludes halogenated alkanes) is 39. The van der Waals surface area contributed by atoms with E-state index in [9.17, 15) is 43.2 Å². The summed E-state index contributed by atoms with van der Waals surface area (Å²) in [6, 6.07) is 0. The van der Waals surface area contributed by atoms with Gasteiger partial charge in [0.2, 0.25) is 0 Å². The topological polar surface area (TPSA) is 237 Å². The van der Waals surface area contributed by atoms with Gasteiger partial charge in [0, 0.05) is 25.7 Å². The molecule has 0 amide bonds. The van der Waals surface area contributed by atoms with E-state index in [2.05, 4.69) is 41.5 Å². The van der Waals surface area contributed by atoms with E-state index in [1.54, 1.807) is 0 Å². The van der Waals surface area contributed by atoms with E-state index in [0.717, 1.165) is 108 Å². The summed E-state index contributed by atoms with van der Waals surface area (Å²) in [6.07, 6.45) is 47.5. The zero-order chi connectivity index (χ0) is 65.7. The minimum Gasteiger partial charge on any atom is -0.462 e. The molecule has 0 heterocycles. The normalized spacial score (nSPS) is 14.1. The van der Waals surface area contributed by atoms with Crippen LogP contribution in [0.4, 0.5) is 0 Å². The second-order valence-electron chi connectivity index (χ2n) is 26.2. The van der Waals surface area contributed by atoms with Crippen LogP contribution >= 0.6 is 15.6 Å². The van der Waals surface area contributed by atoms with E-state index in [1.807, 2.05) is 0 Å². The number of carbonyl (C=O) groups is 4.